The van der Waals surface area contributed by atoms with Crippen LogP contribution in [0.25, 0.3) is 10.9 Å². The van der Waals surface area contributed by atoms with Gasteiger partial charge in [0.1, 0.15) is 12.3 Å². The Bertz CT molecular complexity index is 1470. The van der Waals surface area contributed by atoms with E-state index >= 15 is 0 Å². The maximum Gasteiger partial charge on any atom is 0.338 e. The van der Waals surface area contributed by atoms with Crippen molar-refractivity contribution in [1.82, 2.24) is 4.57 Å². The minimum Gasteiger partial charge on any atom is -0.497 e. The van der Waals surface area contributed by atoms with Gasteiger partial charge in [-0.1, -0.05) is 29.8 Å². The van der Waals surface area contributed by atoms with Gasteiger partial charge in [0.25, 0.3) is 5.56 Å². The summed E-state index contributed by atoms with van der Waals surface area (Å²) in [5.74, 6) is -0.177. The number of benzene rings is 3. The van der Waals surface area contributed by atoms with E-state index in [0.717, 1.165) is 17.4 Å². The molecule has 4 aromatic rings. The highest BCUT2D eigenvalue weighted by molar-refractivity contribution is 5.93. The number of aromatic nitrogens is 1. The lowest BCUT2D eigenvalue weighted by molar-refractivity contribution is -0.116. The van der Waals surface area contributed by atoms with Gasteiger partial charge in [-0.3, -0.25) is 14.2 Å². The van der Waals surface area contributed by atoms with Gasteiger partial charge in [0.2, 0.25) is 5.91 Å². The van der Waals surface area contributed by atoms with E-state index in [-0.39, 0.29) is 24.6 Å². The average molecular weight is 499 g/mol. The minimum absolute atomic E-state index is 0.166. The number of methoxy groups -OCH3 is 1. The molecule has 4 rings (SSSR count). The van der Waals surface area contributed by atoms with Crippen molar-refractivity contribution in [3.05, 3.63) is 105 Å². The van der Waals surface area contributed by atoms with E-state index in [1.54, 1.807) is 44.4 Å². The van der Waals surface area contributed by atoms with Gasteiger partial charge < -0.3 is 14.8 Å². The highest BCUT2D eigenvalue weighted by Gasteiger charge is 2.14. The molecule has 3 aromatic carbocycles. The summed E-state index contributed by atoms with van der Waals surface area (Å²) in [6.07, 6.45) is 1.27. The van der Waals surface area contributed by atoms with Crippen LogP contribution in [0.1, 0.15) is 34.0 Å². The zero-order chi connectivity index (χ0) is 26.4. The lowest BCUT2D eigenvalue weighted by Crippen LogP contribution is -2.30. The molecular formula is C30H30N2O5. The first-order valence-corrected chi connectivity index (χ1v) is 12.2. The summed E-state index contributed by atoms with van der Waals surface area (Å²) in [4.78, 5) is 38.4. The first-order valence-electron chi connectivity index (χ1n) is 12.2. The second kappa shape index (κ2) is 11.6. The highest BCUT2D eigenvalue weighted by atomic mass is 16.5. The topological polar surface area (TPSA) is 86.6 Å². The molecule has 0 saturated carbocycles. The van der Waals surface area contributed by atoms with Crippen LogP contribution < -0.4 is 15.6 Å². The second-order valence-corrected chi connectivity index (χ2v) is 8.82. The van der Waals surface area contributed by atoms with Crippen molar-refractivity contribution in [2.24, 2.45) is 0 Å². The summed E-state index contributed by atoms with van der Waals surface area (Å²) < 4.78 is 11.8. The molecule has 1 N–H and O–H groups in total. The van der Waals surface area contributed by atoms with Crippen LogP contribution >= 0.6 is 0 Å². The third-order valence-corrected chi connectivity index (χ3v) is 6.16. The Morgan fingerprint density at radius 2 is 1.65 bits per heavy atom. The molecule has 0 radical (unpaired) electrons. The summed E-state index contributed by atoms with van der Waals surface area (Å²) in [5.41, 5.74) is 4.31. The van der Waals surface area contributed by atoms with Crippen LogP contribution in [0.5, 0.6) is 5.75 Å². The lowest BCUT2D eigenvalue weighted by atomic mass is 10.0. The third-order valence-electron chi connectivity index (χ3n) is 6.16. The van der Waals surface area contributed by atoms with Crippen LogP contribution in [0.2, 0.25) is 0 Å². The summed E-state index contributed by atoms with van der Waals surface area (Å²) >= 11 is 0. The molecule has 0 atom stereocenters. The molecule has 7 heteroatoms. The van der Waals surface area contributed by atoms with Crippen molar-refractivity contribution in [1.29, 1.82) is 0 Å². The normalized spacial score (nSPS) is 10.8. The number of nitrogens with one attached hydrogen (secondary N) is 1. The summed E-state index contributed by atoms with van der Waals surface area (Å²) in [7, 11) is 1.56. The average Bonchev–Trinajstić information content (AvgIpc) is 2.90. The Morgan fingerprint density at radius 3 is 2.32 bits per heavy atom. The van der Waals surface area contributed by atoms with Gasteiger partial charge in [-0.2, -0.15) is 0 Å². The molecule has 1 heterocycles. The van der Waals surface area contributed by atoms with Gasteiger partial charge in [0.05, 0.1) is 24.8 Å². The Hall–Kier alpha value is -4.39. The molecule has 0 saturated heterocycles. The molecule has 0 aliphatic rings. The number of esters is 1. The number of anilines is 1. The molecule has 0 spiro atoms. The zero-order valence-corrected chi connectivity index (χ0v) is 21.2. The highest BCUT2D eigenvalue weighted by Crippen LogP contribution is 2.21. The van der Waals surface area contributed by atoms with Gasteiger partial charge in [-0.25, -0.2) is 4.79 Å². The van der Waals surface area contributed by atoms with Crippen molar-refractivity contribution in [3.8, 4) is 5.75 Å². The summed E-state index contributed by atoms with van der Waals surface area (Å²) in [6, 6.07) is 22.1. The number of pyridine rings is 1. The van der Waals surface area contributed by atoms with E-state index in [4.69, 9.17) is 9.47 Å². The molecule has 7 nitrogen and oxygen atoms in total. The number of fused-ring (bicyclic) bond motifs is 1. The largest absolute Gasteiger partial charge is 0.497 e. The lowest BCUT2D eigenvalue weighted by Gasteiger charge is -2.14. The molecule has 0 unspecified atom stereocenters. The Kier molecular flexibility index (Phi) is 8.03. The van der Waals surface area contributed by atoms with Crippen molar-refractivity contribution in [3.63, 3.8) is 0 Å². The van der Waals surface area contributed by atoms with Crippen LogP contribution in [0.15, 0.2) is 77.6 Å². The molecular weight excluding hydrogens is 468 g/mol. The van der Waals surface area contributed by atoms with Crippen molar-refractivity contribution >= 4 is 28.5 Å². The van der Waals surface area contributed by atoms with E-state index in [1.807, 2.05) is 25.1 Å². The number of aryl methyl sites for hydroxylation is 3. The quantitative estimate of drug-likeness (QED) is 0.331. The third kappa shape index (κ3) is 6.25. The molecule has 0 fully saturated rings. The van der Waals surface area contributed by atoms with Gasteiger partial charge in [-0.15, -0.1) is 0 Å². The number of carbonyl (C=O) groups excluding carboxylic acids is 2. The van der Waals surface area contributed by atoms with E-state index in [1.165, 1.54) is 10.1 Å². The van der Waals surface area contributed by atoms with Crippen LogP contribution in [-0.2, 0) is 28.9 Å². The van der Waals surface area contributed by atoms with Gasteiger partial charge in [0, 0.05) is 17.3 Å². The molecule has 190 valence electrons. The number of hydrogen-bond acceptors (Lipinski definition) is 5. The fourth-order valence-corrected chi connectivity index (χ4v) is 4.16. The van der Waals surface area contributed by atoms with Crippen molar-refractivity contribution in [2.45, 2.75) is 33.2 Å². The van der Waals surface area contributed by atoms with Crippen molar-refractivity contribution < 1.29 is 19.1 Å². The Labute approximate surface area is 215 Å². The summed E-state index contributed by atoms with van der Waals surface area (Å²) in [6.45, 7) is 3.90. The predicted molar refractivity (Wildman–Crippen MR) is 144 cm³/mol. The van der Waals surface area contributed by atoms with Gasteiger partial charge in [-0.05, 0) is 80.1 Å². The first kappa shape index (κ1) is 25.7. The fraction of sp³-hybridized carbons (Fsp3) is 0.233. The Morgan fingerprint density at radius 1 is 0.919 bits per heavy atom. The van der Waals surface area contributed by atoms with Crippen LogP contribution in [0.3, 0.4) is 0 Å². The fourth-order valence-electron chi connectivity index (χ4n) is 4.16. The number of ether oxygens (including phenoxy) is 2. The van der Waals surface area contributed by atoms with Crippen LogP contribution in [-0.4, -0.2) is 30.2 Å². The molecule has 37 heavy (non-hydrogen) atoms. The molecule has 0 aliphatic carbocycles. The van der Waals surface area contributed by atoms with E-state index in [2.05, 4.69) is 29.6 Å². The van der Waals surface area contributed by atoms with E-state index in [0.29, 0.717) is 34.5 Å². The monoisotopic (exact) mass is 498 g/mol. The second-order valence-electron chi connectivity index (χ2n) is 8.82. The molecule has 1 amide bonds. The first-order chi connectivity index (χ1) is 17.9. The van der Waals surface area contributed by atoms with E-state index in [9.17, 15) is 14.4 Å². The Balaban J connectivity index is 1.59. The standard InChI is InChI=1S/C30H30N2O5/c1-4-37-30(35)22-11-14-25(15-12-22)31-28(33)19-32-27-18-26(36-3)16-13-23(27)17-24(29(32)34)10-9-21-7-5-20(2)6-8-21/h5-8,11-18H,4,9-10,19H2,1-3H3,(H,31,33). The molecule has 1 aromatic heterocycles. The minimum atomic E-state index is -0.421. The number of rotatable bonds is 9. The van der Waals surface area contributed by atoms with Crippen molar-refractivity contribution in [2.75, 3.05) is 19.0 Å². The smallest absolute Gasteiger partial charge is 0.338 e. The molecule has 0 bridgehead atoms. The maximum absolute atomic E-state index is 13.5. The number of amides is 1. The van der Waals surface area contributed by atoms with E-state index < -0.39 is 5.97 Å². The number of nitrogens with zero attached hydrogens (tertiary/aromatic N) is 1. The SMILES string of the molecule is CCOC(=O)c1ccc(NC(=O)Cn2c(=O)c(CCc3ccc(C)cc3)cc3ccc(OC)cc32)cc1. The van der Waals surface area contributed by atoms with Crippen LogP contribution in [0.4, 0.5) is 5.69 Å². The van der Waals surface area contributed by atoms with Gasteiger partial charge in [0.15, 0.2) is 0 Å². The molecule has 0 aliphatic heterocycles. The zero-order valence-electron chi connectivity index (χ0n) is 21.2. The maximum atomic E-state index is 13.5. The van der Waals surface area contributed by atoms with Crippen LogP contribution in [0, 0.1) is 6.92 Å². The number of hydrogen-bond donors (Lipinski definition) is 1. The van der Waals surface area contributed by atoms with Gasteiger partial charge >= 0.3 is 5.97 Å². The summed E-state index contributed by atoms with van der Waals surface area (Å²) in [5, 5.41) is 3.66. The predicted octanol–water partition coefficient (Wildman–Crippen LogP) is 4.92. The number of carbonyl (C=O) groups is 2.